The lowest BCUT2D eigenvalue weighted by Gasteiger charge is -2.13. The van der Waals surface area contributed by atoms with E-state index < -0.39 is 4.92 Å². The fourth-order valence-corrected chi connectivity index (χ4v) is 1.71. The normalized spacial score (nSPS) is 12.2. The molecule has 6 nitrogen and oxygen atoms in total. The van der Waals surface area contributed by atoms with Crippen LogP contribution in [0.15, 0.2) is 18.2 Å². The van der Waals surface area contributed by atoms with Crippen molar-refractivity contribution >= 4 is 11.4 Å². The quantitative estimate of drug-likeness (QED) is 0.565. The number of hydrogen-bond donors (Lipinski definition) is 2. The van der Waals surface area contributed by atoms with Gasteiger partial charge < -0.3 is 15.2 Å². The van der Waals surface area contributed by atoms with Crippen molar-refractivity contribution in [1.29, 1.82) is 0 Å². The number of hydrogen-bond acceptors (Lipinski definition) is 5. The molecule has 1 aromatic rings. The first-order valence-corrected chi connectivity index (χ1v) is 6.81. The van der Waals surface area contributed by atoms with Gasteiger partial charge in [0.2, 0.25) is 0 Å². The summed E-state index contributed by atoms with van der Waals surface area (Å²) >= 11 is 0. The number of aliphatic hydroxyl groups excluding tert-OH is 1. The van der Waals surface area contributed by atoms with E-state index in [0.717, 1.165) is 5.69 Å². The Kier molecular flexibility index (Phi) is 6.24. The molecule has 0 aliphatic rings. The van der Waals surface area contributed by atoms with Gasteiger partial charge in [0.25, 0.3) is 0 Å². The molecule has 1 atom stereocenters. The third kappa shape index (κ3) is 5.05. The average Bonchev–Trinajstić information content (AvgIpc) is 2.37. The number of anilines is 1. The molecule has 0 spiro atoms. The Balaban J connectivity index is 2.76. The molecule has 0 fully saturated rings. The third-order valence-corrected chi connectivity index (χ3v) is 2.80. The van der Waals surface area contributed by atoms with Gasteiger partial charge in [-0.15, -0.1) is 0 Å². The topological polar surface area (TPSA) is 84.6 Å². The largest absolute Gasteiger partial charge is 0.484 e. The van der Waals surface area contributed by atoms with E-state index >= 15 is 0 Å². The highest BCUT2D eigenvalue weighted by molar-refractivity contribution is 5.58. The van der Waals surface area contributed by atoms with E-state index in [2.05, 4.69) is 5.32 Å². The summed E-state index contributed by atoms with van der Waals surface area (Å²) in [5.41, 5.74) is 0.701. The predicted molar refractivity (Wildman–Crippen MR) is 78.3 cm³/mol. The molecule has 2 N–H and O–H groups in total. The second-order valence-electron chi connectivity index (χ2n) is 4.88. The molecule has 0 amide bonds. The van der Waals surface area contributed by atoms with Crippen LogP contribution >= 0.6 is 0 Å². The van der Waals surface area contributed by atoms with Crippen LogP contribution in [0.1, 0.15) is 33.6 Å². The SMILES string of the molecule is CCC(O)CCNc1ccc([N+](=O)[O-])c(OC(C)C)c1. The maximum absolute atomic E-state index is 10.9. The first-order valence-electron chi connectivity index (χ1n) is 6.81. The molecule has 0 heterocycles. The van der Waals surface area contributed by atoms with Gasteiger partial charge >= 0.3 is 5.69 Å². The van der Waals surface area contributed by atoms with Crippen LogP contribution in [0.2, 0.25) is 0 Å². The van der Waals surface area contributed by atoms with Crippen LogP contribution in [0.5, 0.6) is 5.75 Å². The van der Waals surface area contributed by atoms with E-state index in [1.165, 1.54) is 6.07 Å². The summed E-state index contributed by atoms with van der Waals surface area (Å²) in [6, 6.07) is 4.69. The van der Waals surface area contributed by atoms with E-state index in [0.29, 0.717) is 19.4 Å². The summed E-state index contributed by atoms with van der Waals surface area (Å²) in [5.74, 6) is 0.256. The van der Waals surface area contributed by atoms with Crippen molar-refractivity contribution < 1.29 is 14.8 Å². The molecule has 0 radical (unpaired) electrons. The Morgan fingerprint density at radius 3 is 2.70 bits per heavy atom. The maximum Gasteiger partial charge on any atom is 0.311 e. The molecule has 0 bridgehead atoms. The van der Waals surface area contributed by atoms with Crippen molar-refractivity contribution in [1.82, 2.24) is 0 Å². The number of nitrogens with one attached hydrogen (secondary N) is 1. The molecule has 1 unspecified atom stereocenters. The number of nitrogens with zero attached hydrogens (tertiary/aromatic N) is 1. The summed E-state index contributed by atoms with van der Waals surface area (Å²) < 4.78 is 5.46. The first-order chi connectivity index (χ1) is 9.43. The zero-order valence-corrected chi connectivity index (χ0v) is 12.1. The Bertz CT molecular complexity index is 449. The lowest BCUT2D eigenvalue weighted by atomic mass is 10.2. The van der Waals surface area contributed by atoms with Gasteiger partial charge in [-0.25, -0.2) is 0 Å². The summed E-state index contributed by atoms with van der Waals surface area (Å²) in [6.45, 7) is 6.17. The molecular formula is C14H22N2O4. The van der Waals surface area contributed by atoms with Crippen molar-refractivity contribution in [2.75, 3.05) is 11.9 Å². The van der Waals surface area contributed by atoms with E-state index in [4.69, 9.17) is 4.74 Å². The van der Waals surface area contributed by atoms with E-state index in [9.17, 15) is 15.2 Å². The van der Waals surface area contributed by atoms with Crippen LogP contribution in [0.25, 0.3) is 0 Å². The van der Waals surface area contributed by atoms with Crippen LogP contribution in [0.3, 0.4) is 0 Å². The zero-order valence-electron chi connectivity index (χ0n) is 12.1. The molecule has 0 saturated carbocycles. The second-order valence-corrected chi connectivity index (χ2v) is 4.88. The predicted octanol–water partition coefficient (Wildman–Crippen LogP) is 2.95. The number of nitro benzene ring substituents is 1. The molecule has 6 heteroatoms. The van der Waals surface area contributed by atoms with E-state index in [1.807, 2.05) is 20.8 Å². The smallest absolute Gasteiger partial charge is 0.311 e. The van der Waals surface area contributed by atoms with Gasteiger partial charge in [0.15, 0.2) is 5.75 Å². The summed E-state index contributed by atoms with van der Waals surface area (Å²) in [5, 5.41) is 23.5. The van der Waals surface area contributed by atoms with Gasteiger partial charge in [0.1, 0.15) is 0 Å². The minimum Gasteiger partial charge on any atom is -0.484 e. The van der Waals surface area contributed by atoms with Gasteiger partial charge in [-0.05, 0) is 32.8 Å². The van der Waals surface area contributed by atoms with Crippen molar-refractivity contribution in [2.24, 2.45) is 0 Å². The molecule has 0 aliphatic carbocycles. The number of rotatable bonds is 8. The average molecular weight is 282 g/mol. The summed E-state index contributed by atoms with van der Waals surface area (Å²) in [6.07, 6.45) is 0.884. The second kappa shape index (κ2) is 7.69. The zero-order chi connectivity index (χ0) is 15.1. The lowest BCUT2D eigenvalue weighted by molar-refractivity contribution is -0.386. The van der Waals surface area contributed by atoms with Crippen LogP contribution in [-0.4, -0.2) is 28.8 Å². The van der Waals surface area contributed by atoms with E-state index in [-0.39, 0.29) is 23.6 Å². The highest BCUT2D eigenvalue weighted by Crippen LogP contribution is 2.30. The number of ether oxygens (including phenoxy) is 1. The van der Waals surface area contributed by atoms with Crippen molar-refractivity contribution in [3.05, 3.63) is 28.3 Å². The van der Waals surface area contributed by atoms with E-state index in [1.54, 1.807) is 12.1 Å². The van der Waals surface area contributed by atoms with Crippen molar-refractivity contribution in [3.8, 4) is 5.75 Å². The van der Waals surface area contributed by atoms with Crippen molar-refractivity contribution in [3.63, 3.8) is 0 Å². The Labute approximate surface area is 118 Å². The molecule has 0 aliphatic heterocycles. The van der Waals surface area contributed by atoms with Crippen LogP contribution in [0, 0.1) is 10.1 Å². The minimum atomic E-state index is -0.456. The molecule has 1 rings (SSSR count). The standard InChI is InChI=1S/C14H22N2O4/c1-4-12(17)7-8-15-11-5-6-13(16(18)19)14(9-11)20-10(2)3/h5-6,9-10,12,15,17H,4,7-8H2,1-3H3. The Morgan fingerprint density at radius 1 is 1.45 bits per heavy atom. The molecule has 0 saturated heterocycles. The van der Waals surface area contributed by atoms with Crippen LogP contribution in [0.4, 0.5) is 11.4 Å². The lowest BCUT2D eigenvalue weighted by Crippen LogP contribution is -2.12. The van der Waals surface area contributed by atoms with Gasteiger partial charge in [0.05, 0.1) is 17.1 Å². The summed E-state index contributed by atoms with van der Waals surface area (Å²) in [4.78, 5) is 10.5. The Morgan fingerprint density at radius 2 is 2.15 bits per heavy atom. The first kappa shape index (κ1) is 16.2. The van der Waals surface area contributed by atoms with Gasteiger partial charge in [0, 0.05) is 24.4 Å². The molecule has 112 valence electrons. The molecule has 20 heavy (non-hydrogen) atoms. The Hall–Kier alpha value is -1.82. The van der Waals surface area contributed by atoms with Crippen LogP contribution in [-0.2, 0) is 0 Å². The third-order valence-electron chi connectivity index (χ3n) is 2.80. The number of aliphatic hydroxyl groups is 1. The number of benzene rings is 1. The molecule has 1 aromatic carbocycles. The van der Waals surface area contributed by atoms with Gasteiger partial charge in [-0.1, -0.05) is 6.92 Å². The fourth-order valence-electron chi connectivity index (χ4n) is 1.71. The van der Waals surface area contributed by atoms with Crippen molar-refractivity contribution in [2.45, 2.75) is 45.8 Å². The molecule has 0 aromatic heterocycles. The summed E-state index contributed by atoms with van der Waals surface area (Å²) in [7, 11) is 0. The van der Waals surface area contributed by atoms with Crippen LogP contribution < -0.4 is 10.1 Å². The molecular weight excluding hydrogens is 260 g/mol. The minimum absolute atomic E-state index is 0.0437. The van der Waals surface area contributed by atoms with Gasteiger partial charge in [-0.3, -0.25) is 10.1 Å². The maximum atomic E-state index is 10.9. The number of nitro groups is 1. The monoisotopic (exact) mass is 282 g/mol. The highest BCUT2D eigenvalue weighted by Gasteiger charge is 2.16. The van der Waals surface area contributed by atoms with Gasteiger partial charge in [-0.2, -0.15) is 0 Å². The highest BCUT2D eigenvalue weighted by atomic mass is 16.6. The fraction of sp³-hybridized carbons (Fsp3) is 0.571.